The Balaban J connectivity index is 3.25. The van der Waals surface area contributed by atoms with Gasteiger partial charge in [0.05, 0.1) is 19.2 Å². The Morgan fingerprint density at radius 2 is 1.82 bits per heavy atom. The minimum Gasteiger partial charge on any atom is -0.493 e. The molecule has 0 aliphatic heterocycles. The van der Waals surface area contributed by atoms with Crippen molar-refractivity contribution >= 4 is 11.6 Å². The normalized spacial score (nSPS) is 13.4. The molecule has 17 heavy (non-hydrogen) atoms. The molecule has 0 heterocycles. The van der Waals surface area contributed by atoms with Gasteiger partial charge in [-0.2, -0.15) is 13.2 Å². The van der Waals surface area contributed by atoms with Gasteiger partial charge < -0.3 is 15.2 Å². The highest BCUT2D eigenvalue weighted by Crippen LogP contribution is 2.40. The summed E-state index contributed by atoms with van der Waals surface area (Å²) in [6.45, 7) is 0. The standard InChI is InChI=1S/C10H11ClF3NO2/c1-16-7-4-5(9(15)10(12,13)14)3-6(11)8(7)17-2/h3-4,9H,15H2,1-2H3. The van der Waals surface area contributed by atoms with Gasteiger partial charge in [0, 0.05) is 0 Å². The molecular formula is C10H11ClF3NO2. The molecular weight excluding hydrogens is 259 g/mol. The van der Waals surface area contributed by atoms with Crippen LogP contribution in [-0.4, -0.2) is 20.4 Å². The third-order valence-corrected chi connectivity index (χ3v) is 2.45. The molecule has 1 unspecified atom stereocenters. The largest absolute Gasteiger partial charge is 0.493 e. The highest BCUT2D eigenvalue weighted by atomic mass is 35.5. The van der Waals surface area contributed by atoms with Crippen LogP contribution in [0.2, 0.25) is 5.02 Å². The molecule has 0 radical (unpaired) electrons. The van der Waals surface area contributed by atoms with Gasteiger partial charge in [-0.05, 0) is 17.7 Å². The van der Waals surface area contributed by atoms with E-state index in [0.29, 0.717) is 0 Å². The molecule has 0 saturated heterocycles. The summed E-state index contributed by atoms with van der Waals surface area (Å²) in [5, 5.41) is 0.0153. The van der Waals surface area contributed by atoms with Crippen LogP contribution >= 0.6 is 11.6 Å². The molecule has 7 heteroatoms. The molecule has 0 saturated carbocycles. The summed E-state index contributed by atoms with van der Waals surface area (Å²) < 4.78 is 47.1. The predicted octanol–water partition coefficient (Wildman–Crippen LogP) is 2.92. The highest BCUT2D eigenvalue weighted by molar-refractivity contribution is 6.32. The number of nitrogens with two attached hydrogens (primary N) is 1. The summed E-state index contributed by atoms with van der Waals surface area (Å²) in [7, 11) is 2.64. The minimum absolute atomic E-state index is 0.0153. The first-order valence-corrected chi connectivity index (χ1v) is 4.92. The second kappa shape index (κ2) is 5.01. The van der Waals surface area contributed by atoms with Gasteiger partial charge in [0.25, 0.3) is 0 Å². The first-order chi connectivity index (χ1) is 7.81. The van der Waals surface area contributed by atoms with Gasteiger partial charge in [-0.25, -0.2) is 0 Å². The fourth-order valence-electron chi connectivity index (χ4n) is 1.31. The molecule has 1 aromatic rings. The lowest BCUT2D eigenvalue weighted by atomic mass is 10.1. The van der Waals surface area contributed by atoms with Gasteiger partial charge in [-0.15, -0.1) is 0 Å². The molecule has 0 aliphatic rings. The Hall–Kier alpha value is -1.14. The number of ether oxygens (including phenoxy) is 2. The fraction of sp³-hybridized carbons (Fsp3) is 0.400. The summed E-state index contributed by atoms with van der Waals surface area (Å²) in [4.78, 5) is 0. The predicted molar refractivity (Wildman–Crippen MR) is 57.5 cm³/mol. The zero-order chi connectivity index (χ0) is 13.2. The lowest BCUT2D eigenvalue weighted by Gasteiger charge is -2.18. The molecule has 0 bridgehead atoms. The number of hydrogen-bond donors (Lipinski definition) is 1. The molecule has 0 amide bonds. The van der Waals surface area contributed by atoms with Crippen LogP contribution < -0.4 is 15.2 Å². The van der Waals surface area contributed by atoms with E-state index in [0.717, 1.165) is 12.1 Å². The molecule has 1 rings (SSSR count). The molecule has 96 valence electrons. The van der Waals surface area contributed by atoms with Crippen molar-refractivity contribution in [3.05, 3.63) is 22.7 Å². The SMILES string of the molecule is COc1cc(C(N)C(F)(F)F)cc(Cl)c1OC. The van der Waals surface area contributed by atoms with E-state index in [-0.39, 0.29) is 22.1 Å². The zero-order valence-corrected chi connectivity index (χ0v) is 9.89. The topological polar surface area (TPSA) is 44.5 Å². The van der Waals surface area contributed by atoms with Gasteiger partial charge in [-0.1, -0.05) is 11.6 Å². The van der Waals surface area contributed by atoms with Crippen LogP contribution in [0.4, 0.5) is 13.2 Å². The van der Waals surface area contributed by atoms with Crippen molar-refractivity contribution in [1.29, 1.82) is 0 Å². The van der Waals surface area contributed by atoms with Gasteiger partial charge in [0.2, 0.25) is 0 Å². The number of rotatable bonds is 3. The number of benzene rings is 1. The lowest BCUT2D eigenvalue weighted by Crippen LogP contribution is -2.28. The van der Waals surface area contributed by atoms with Crippen LogP contribution in [0.5, 0.6) is 11.5 Å². The fourth-order valence-corrected chi connectivity index (χ4v) is 1.60. The minimum atomic E-state index is -4.54. The van der Waals surface area contributed by atoms with Crippen molar-refractivity contribution in [2.75, 3.05) is 14.2 Å². The van der Waals surface area contributed by atoms with Crippen LogP contribution in [0, 0.1) is 0 Å². The van der Waals surface area contributed by atoms with Crippen molar-refractivity contribution in [3.8, 4) is 11.5 Å². The smallest absolute Gasteiger partial charge is 0.407 e. The van der Waals surface area contributed by atoms with Crippen LogP contribution in [0.15, 0.2) is 12.1 Å². The van der Waals surface area contributed by atoms with Crippen LogP contribution in [-0.2, 0) is 0 Å². The summed E-state index contributed by atoms with van der Waals surface area (Å²) in [6, 6.07) is 0.157. The maximum Gasteiger partial charge on any atom is 0.407 e. The quantitative estimate of drug-likeness (QED) is 0.918. The van der Waals surface area contributed by atoms with Crippen molar-refractivity contribution in [1.82, 2.24) is 0 Å². The third kappa shape index (κ3) is 2.95. The Labute approximate surface area is 101 Å². The monoisotopic (exact) mass is 269 g/mol. The van der Waals surface area contributed by atoms with Gasteiger partial charge in [0.1, 0.15) is 6.04 Å². The van der Waals surface area contributed by atoms with E-state index in [4.69, 9.17) is 26.8 Å². The number of halogens is 4. The molecule has 3 nitrogen and oxygen atoms in total. The third-order valence-electron chi connectivity index (χ3n) is 2.17. The summed E-state index contributed by atoms with van der Waals surface area (Å²) in [5.74, 6) is 0.280. The van der Waals surface area contributed by atoms with Crippen molar-refractivity contribution in [3.63, 3.8) is 0 Å². The van der Waals surface area contributed by atoms with Crippen molar-refractivity contribution in [2.45, 2.75) is 12.2 Å². The van der Waals surface area contributed by atoms with E-state index in [1.54, 1.807) is 0 Å². The summed E-state index contributed by atoms with van der Waals surface area (Å²) in [6.07, 6.45) is -4.54. The molecule has 0 fully saturated rings. The maximum absolute atomic E-state index is 12.4. The van der Waals surface area contributed by atoms with E-state index in [1.165, 1.54) is 14.2 Å². The Morgan fingerprint density at radius 1 is 1.24 bits per heavy atom. The number of methoxy groups -OCH3 is 2. The van der Waals surface area contributed by atoms with Gasteiger partial charge in [-0.3, -0.25) is 0 Å². The Kier molecular flexibility index (Phi) is 4.11. The first kappa shape index (κ1) is 13.9. The average Bonchev–Trinajstić information content (AvgIpc) is 2.25. The van der Waals surface area contributed by atoms with Crippen molar-refractivity contribution in [2.24, 2.45) is 5.73 Å². The highest BCUT2D eigenvalue weighted by Gasteiger charge is 2.38. The summed E-state index contributed by atoms with van der Waals surface area (Å²) >= 11 is 5.78. The molecule has 2 N–H and O–H groups in total. The van der Waals surface area contributed by atoms with Crippen LogP contribution in [0.25, 0.3) is 0 Å². The Morgan fingerprint density at radius 3 is 2.24 bits per heavy atom. The summed E-state index contributed by atoms with van der Waals surface area (Å²) in [5.41, 5.74) is 4.90. The van der Waals surface area contributed by atoms with Gasteiger partial charge >= 0.3 is 6.18 Å². The lowest BCUT2D eigenvalue weighted by molar-refractivity contribution is -0.149. The number of alkyl halides is 3. The molecule has 0 spiro atoms. The second-order valence-electron chi connectivity index (χ2n) is 3.26. The van der Waals surface area contributed by atoms with Crippen molar-refractivity contribution < 1.29 is 22.6 Å². The number of hydrogen-bond acceptors (Lipinski definition) is 3. The molecule has 0 aromatic heterocycles. The van der Waals surface area contributed by atoms with Crippen LogP contribution in [0.1, 0.15) is 11.6 Å². The molecule has 1 atom stereocenters. The zero-order valence-electron chi connectivity index (χ0n) is 9.14. The van der Waals surface area contributed by atoms with Crippen LogP contribution in [0.3, 0.4) is 0 Å². The molecule has 0 aliphatic carbocycles. The average molecular weight is 270 g/mol. The second-order valence-corrected chi connectivity index (χ2v) is 3.66. The van der Waals surface area contributed by atoms with E-state index in [9.17, 15) is 13.2 Å². The van der Waals surface area contributed by atoms with E-state index < -0.39 is 12.2 Å². The van der Waals surface area contributed by atoms with Gasteiger partial charge in [0.15, 0.2) is 11.5 Å². The maximum atomic E-state index is 12.4. The van der Waals surface area contributed by atoms with E-state index >= 15 is 0 Å². The first-order valence-electron chi connectivity index (χ1n) is 4.55. The van der Waals surface area contributed by atoms with E-state index in [1.807, 2.05) is 0 Å². The molecule has 1 aromatic carbocycles. The Bertz CT molecular complexity index is 409. The van der Waals surface area contributed by atoms with E-state index in [2.05, 4.69) is 0 Å².